The topological polar surface area (TPSA) is 124 Å². The number of likely N-dealkylation sites (N-methyl/N-ethyl adjacent to an activating group) is 1. The second kappa shape index (κ2) is 30.4. The molecule has 12 rings (SSSR count). The molecule has 4 saturated carbocycles. The first kappa shape index (κ1) is 73.1. The molecule has 0 amide bonds. The van der Waals surface area contributed by atoms with E-state index >= 15 is 0 Å². The average molecular weight is 1220 g/mol. The SMILES string of the molecule is C.CC1=C2C[C@H]3[C@@H](CCC4=CC(=O)CC[C@@]43C)[C@@H]2CC[C@@]2(C1)O[C@@H]1C[C@H](C)CN(CCN(C)C)[C@H]1[C@H]2C.CC1=C2C[C@H]3[C@@H](CCC4=CC(=O)CC[C@@]43C)[C@@H]2CC[C@@]2(C1)O[C@@H]1C[C@H](C)CN[C@H]1[C@H]2C.CN(C)CCCl.Cl.O=CO[O-].[H-].[K+].[K+]. The number of ether oxygens (including phenoxy) is 2. The van der Waals surface area contributed by atoms with Gasteiger partial charge in [-0.1, -0.05) is 82.4 Å². The Morgan fingerprint density at radius 1 is 0.741 bits per heavy atom. The minimum atomic E-state index is -0.181. The number of ketones is 2. The second-order valence-corrected chi connectivity index (χ2v) is 28.9. The van der Waals surface area contributed by atoms with Crippen LogP contribution in [0.2, 0.25) is 0 Å². The number of rotatable bonds is 6. The number of hydrogen-bond acceptors (Lipinski definition) is 11. The number of carbonyl (C=O) groups is 3. The van der Waals surface area contributed by atoms with Crippen LogP contribution in [-0.2, 0) is 28.7 Å². The van der Waals surface area contributed by atoms with Crippen molar-refractivity contribution in [1.29, 1.82) is 0 Å². The molecule has 2 spiro atoms. The van der Waals surface area contributed by atoms with Gasteiger partial charge in [0.25, 0.3) is 6.47 Å². The Morgan fingerprint density at radius 3 is 1.67 bits per heavy atom. The van der Waals surface area contributed by atoms with E-state index in [0.717, 1.165) is 125 Å². The molecular weight excluding hydrogens is 1110 g/mol. The molecule has 0 aromatic rings. The molecule has 0 aromatic carbocycles. The van der Waals surface area contributed by atoms with E-state index in [0.29, 0.717) is 53.6 Å². The average Bonchev–Trinajstić information content (AvgIpc) is 4.09. The molecule has 0 aromatic heterocycles. The first-order chi connectivity index (χ1) is 36.6. The van der Waals surface area contributed by atoms with Gasteiger partial charge in [0, 0.05) is 68.8 Å². The van der Waals surface area contributed by atoms with Crippen molar-refractivity contribution in [2.75, 3.05) is 66.8 Å². The number of halogens is 2. The van der Waals surface area contributed by atoms with Crippen LogP contribution in [0.1, 0.15) is 180 Å². The van der Waals surface area contributed by atoms with Gasteiger partial charge in [-0.15, -0.1) is 24.0 Å². The predicted molar refractivity (Wildman–Crippen MR) is 321 cm³/mol. The first-order valence-electron chi connectivity index (χ1n) is 30.9. The minimum Gasteiger partial charge on any atom is -1.00 e. The summed E-state index contributed by atoms with van der Waals surface area (Å²) in [5.41, 5.74) is 10.4. The summed E-state index contributed by atoms with van der Waals surface area (Å²) in [5.74, 6) is 8.69. The Hall–Kier alpha value is 1.34. The van der Waals surface area contributed by atoms with Crippen LogP contribution in [0.15, 0.2) is 45.6 Å². The van der Waals surface area contributed by atoms with Gasteiger partial charge in [0.05, 0.1) is 23.4 Å². The summed E-state index contributed by atoms with van der Waals surface area (Å²) in [7, 11) is 8.40. The molecule has 11 nitrogen and oxygen atoms in total. The zero-order valence-corrected chi connectivity index (χ0v) is 60.1. The van der Waals surface area contributed by atoms with E-state index in [-0.39, 0.29) is 153 Å². The van der Waals surface area contributed by atoms with Crippen molar-refractivity contribution in [3.8, 4) is 0 Å². The van der Waals surface area contributed by atoms with Gasteiger partial charge in [-0.3, -0.25) is 19.3 Å². The molecule has 4 saturated heterocycles. The van der Waals surface area contributed by atoms with Crippen LogP contribution in [0.25, 0.3) is 0 Å². The largest absolute Gasteiger partial charge is 1.00 e. The maximum absolute atomic E-state index is 12.2. The monoisotopic (exact) mass is 1220 g/mol. The summed E-state index contributed by atoms with van der Waals surface area (Å²) in [6, 6.07) is 1.12. The van der Waals surface area contributed by atoms with Crippen LogP contribution >= 0.6 is 24.0 Å². The van der Waals surface area contributed by atoms with Crippen molar-refractivity contribution in [3.63, 3.8) is 0 Å². The van der Waals surface area contributed by atoms with Crippen molar-refractivity contribution in [2.24, 2.45) is 70.0 Å². The van der Waals surface area contributed by atoms with Gasteiger partial charge < -0.3 is 36.2 Å². The van der Waals surface area contributed by atoms with Crippen molar-refractivity contribution in [3.05, 3.63) is 45.6 Å². The Labute approximate surface area is 589 Å². The van der Waals surface area contributed by atoms with E-state index < -0.39 is 0 Å². The first-order valence-corrected chi connectivity index (χ1v) is 31.4. The molecule has 450 valence electrons. The summed E-state index contributed by atoms with van der Waals surface area (Å²) < 4.78 is 14.2. The van der Waals surface area contributed by atoms with Gasteiger partial charge in [-0.05, 0) is 222 Å². The number of alkyl halides is 1. The van der Waals surface area contributed by atoms with E-state index in [2.05, 4.69) is 89.5 Å². The Kier molecular flexibility index (Phi) is 27.5. The number of hydrogen-bond donors (Lipinski definition) is 1. The van der Waals surface area contributed by atoms with Crippen LogP contribution in [0.3, 0.4) is 0 Å². The van der Waals surface area contributed by atoms with E-state index in [4.69, 9.17) is 31.1 Å². The molecule has 4 aliphatic heterocycles. The summed E-state index contributed by atoms with van der Waals surface area (Å²) in [6.07, 6.45) is 25.8. The second-order valence-electron chi connectivity index (χ2n) is 28.5. The van der Waals surface area contributed by atoms with Crippen LogP contribution in [0.4, 0.5) is 0 Å². The maximum atomic E-state index is 12.2. The molecular formula is C66H108Cl2K2N4O7. The molecule has 81 heavy (non-hydrogen) atoms. The Balaban J connectivity index is 0.000000289. The van der Waals surface area contributed by atoms with Gasteiger partial charge in [-0.2, -0.15) is 0 Å². The summed E-state index contributed by atoms with van der Waals surface area (Å²) in [4.78, 5) is 42.7. The number of carbonyl (C=O) groups excluding carboxylic acids is 3. The van der Waals surface area contributed by atoms with Crippen LogP contribution in [0, 0.1) is 70.0 Å². The van der Waals surface area contributed by atoms with Crippen LogP contribution in [0.5, 0.6) is 0 Å². The van der Waals surface area contributed by atoms with Crippen LogP contribution < -0.4 is 113 Å². The minimum absolute atomic E-state index is 0. The normalized spacial score (nSPS) is 41.6. The van der Waals surface area contributed by atoms with E-state index in [1.807, 2.05) is 31.1 Å². The molecule has 4 heterocycles. The molecule has 0 unspecified atom stereocenters. The third-order valence-corrected chi connectivity index (χ3v) is 23.7. The molecule has 8 fully saturated rings. The Morgan fingerprint density at radius 2 is 1.21 bits per heavy atom. The quantitative estimate of drug-likeness (QED) is 0.0859. The number of piperidine rings is 2. The third-order valence-electron chi connectivity index (χ3n) is 23.5. The predicted octanol–water partition coefficient (Wildman–Crippen LogP) is 5.87. The summed E-state index contributed by atoms with van der Waals surface area (Å²) >= 11 is 5.35. The van der Waals surface area contributed by atoms with Crippen molar-refractivity contribution < 1.29 is 138 Å². The number of fused-ring (bicyclic) bond motifs is 12. The molecule has 8 aliphatic carbocycles. The zero-order valence-electron chi connectivity index (χ0n) is 53.3. The molecule has 12 aliphatic rings. The fraction of sp³-hybridized carbons (Fsp3) is 0.833. The van der Waals surface area contributed by atoms with Gasteiger partial charge in [0.2, 0.25) is 0 Å². The van der Waals surface area contributed by atoms with Gasteiger partial charge in [0.1, 0.15) is 0 Å². The molecule has 1 N–H and O–H groups in total. The van der Waals surface area contributed by atoms with E-state index in [1.54, 1.807) is 22.3 Å². The van der Waals surface area contributed by atoms with Gasteiger partial charge in [-0.25, -0.2) is 0 Å². The van der Waals surface area contributed by atoms with Gasteiger partial charge >= 0.3 is 103 Å². The maximum Gasteiger partial charge on any atom is 1.00 e. The van der Waals surface area contributed by atoms with Crippen molar-refractivity contribution in [2.45, 2.75) is 214 Å². The van der Waals surface area contributed by atoms with Crippen molar-refractivity contribution >= 4 is 42.0 Å². The smallest absolute Gasteiger partial charge is 1.00 e. The zero-order chi connectivity index (χ0) is 55.4. The van der Waals surface area contributed by atoms with E-state index in [9.17, 15) is 9.59 Å². The summed E-state index contributed by atoms with van der Waals surface area (Å²) in [5, 5.41) is 12.3. The molecule has 0 bridgehead atoms. The molecule has 15 heteroatoms. The Bertz CT molecular complexity index is 2320. The van der Waals surface area contributed by atoms with Crippen molar-refractivity contribution in [1.82, 2.24) is 20.0 Å². The summed E-state index contributed by atoms with van der Waals surface area (Å²) in [6.45, 7) is 25.1. The number of likely N-dealkylation sites (tertiary alicyclic amines) is 1. The van der Waals surface area contributed by atoms with Gasteiger partial charge in [0.15, 0.2) is 11.6 Å². The molecule has 0 radical (unpaired) electrons. The standard InChI is InChI=1S/C32H50N2O2.C28H41NO2.C4H10ClN.CH2O3.CH4.ClH.2K.H/c1-20-15-29-30(34(19-20)14-13-33(5)6)22(3)32(36-29)12-10-25-26-8-7-23-16-24(35)9-11-31(23,4)28(26)17-27(25)21(2)18-32;1-16-11-25-26(29-15-16)18(3)28(31-25)10-8-21-22-6-5-19-12-20(30)7-9-27(19,4)24(22)13-23(21)17(2)14-28;1-6(2)4-3-5;2-1-4-3;;;;;/h16,20,22,25-26,28-30H,7-15,17-19H2,1-6H3;12,16,18,21-22,24-26,29H,5-11,13-15H2,1-4H3;3-4H2,1-2H3;1,3H;1H4;1H;;;/q;;;;;;2*+1;-1/p-1/t20-,22+,25-,26-,28-,29+,30-,31-,32-;16-,18+,21-,22-,24-,25+,26-,27-,28-;;;;;;;/m00......./s1. The van der Waals surface area contributed by atoms with E-state index in [1.165, 1.54) is 81.9 Å². The number of allylic oxidation sites excluding steroid dienone is 6. The number of nitrogens with one attached hydrogen (secondary N) is 1. The van der Waals surface area contributed by atoms with Crippen LogP contribution in [-0.4, -0.2) is 135 Å². The number of nitrogens with zero attached hydrogens (tertiary/aromatic N) is 3. The third kappa shape index (κ3) is 14.9. The molecule has 18 atom stereocenters. The fourth-order valence-electron chi connectivity index (χ4n) is 19.4. The fourth-order valence-corrected chi connectivity index (χ4v) is 19.7.